The van der Waals surface area contributed by atoms with Crippen molar-refractivity contribution in [3.63, 3.8) is 0 Å². The zero-order valence-corrected chi connectivity index (χ0v) is 14.4. The Hall–Kier alpha value is -1.49. The number of carbonyl (C=O) groups excluding carboxylic acids is 1. The number of nitrogens with zero attached hydrogens (tertiary/aromatic N) is 2. The minimum Gasteiger partial charge on any atom is -0.444 e. The van der Waals surface area contributed by atoms with Crippen LogP contribution in [0.25, 0.3) is 0 Å². The second-order valence-corrected chi connectivity index (χ2v) is 7.21. The second kappa shape index (κ2) is 6.73. The lowest BCUT2D eigenvalue weighted by Gasteiger charge is -2.32. The third-order valence-corrected chi connectivity index (χ3v) is 4.24. The predicted molar refractivity (Wildman–Crippen MR) is 87.8 cm³/mol. The van der Waals surface area contributed by atoms with Gasteiger partial charge < -0.3 is 14.6 Å². The van der Waals surface area contributed by atoms with Gasteiger partial charge in [0.1, 0.15) is 5.60 Å². The zero-order chi connectivity index (χ0) is 16.3. The summed E-state index contributed by atoms with van der Waals surface area (Å²) >= 11 is 0. The third-order valence-electron chi connectivity index (χ3n) is 4.24. The summed E-state index contributed by atoms with van der Waals surface area (Å²) in [5.74, 6) is 0. The molecule has 2 atom stereocenters. The molecule has 0 aromatic carbocycles. The maximum Gasteiger partial charge on any atom is 0.410 e. The Labute approximate surface area is 133 Å². The Morgan fingerprint density at radius 1 is 1.55 bits per heavy atom. The molecule has 1 aromatic rings. The molecular formula is C17H29N3O2. The summed E-state index contributed by atoms with van der Waals surface area (Å²) in [4.78, 5) is 19.8. The van der Waals surface area contributed by atoms with Crippen LogP contribution in [0.2, 0.25) is 0 Å². The number of hydrogen-bond donors (Lipinski definition) is 1. The lowest BCUT2D eigenvalue weighted by atomic mass is 10.1. The summed E-state index contributed by atoms with van der Waals surface area (Å²) in [7, 11) is 2.11. The van der Waals surface area contributed by atoms with Crippen LogP contribution in [0, 0.1) is 0 Å². The number of amides is 1. The largest absolute Gasteiger partial charge is 0.444 e. The van der Waals surface area contributed by atoms with Gasteiger partial charge in [0.05, 0.1) is 0 Å². The van der Waals surface area contributed by atoms with E-state index in [0.29, 0.717) is 6.04 Å². The Morgan fingerprint density at radius 2 is 2.27 bits per heavy atom. The number of likely N-dealkylation sites (N-methyl/N-ethyl adjacent to an activating group) is 1. The van der Waals surface area contributed by atoms with Crippen LogP contribution in [0.3, 0.4) is 0 Å². The topological polar surface area (TPSA) is 48.6 Å². The minimum absolute atomic E-state index is 0.184. The molecule has 1 aliphatic rings. The number of ether oxygens (including phenoxy) is 1. The van der Waals surface area contributed by atoms with Crippen LogP contribution in [0.15, 0.2) is 18.3 Å². The highest BCUT2D eigenvalue weighted by Gasteiger charge is 2.33. The molecule has 2 unspecified atom stereocenters. The first-order valence-corrected chi connectivity index (χ1v) is 8.11. The van der Waals surface area contributed by atoms with Crippen molar-refractivity contribution < 1.29 is 9.53 Å². The smallest absolute Gasteiger partial charge is 0.410 e. The fourth-order valence-corrected chi connectivity index (χ4v) is 2.92. The molecule has 5 nitrogen and oxygen atoms in total. The van der Waals surface area contributed by atoms with E-state index in [0.717, 1.165) is 25.9 Å². The quantitative estimate of drug-likeness (QED) is 0.927. The molecule has 124 valence electrons. The number of hydrogen-bond acceptors (Lipinski definition) is 3. The highest BCUT2D eigenvalue weighted by molar-refractivity contribution is 5.69. The van der Waals surface area contributed by atoms with E-state index in [9.17, 15) is 4.79 Å². The molecule has 0 radical (unpaired) electrons. The number of nitrogens with one attached hydrogen (secondary N) is 1. The average molecular weight is 307 g/mol. The van der Waals surface area contributed by atoms with E-state index in [1.165, 1.54) is 5.69 Å². The number of carbonyl (C=O) groups is 1. The van der Waals surface area contributed by atoms with Crippen LogP contribution in [0.4, 0.5) is 4.79 Å². The molecular weight excluding hydrogens is 278 g/mol. The number of aromatic nitrogens is 1. The highest BCUT2D eigenvalue weighted by atomic mass is 16.6. The van der Waals surface area contributed by atoms with Crippen LogP contribution in [0.5, 0.6) is 0 Å². The van der Waals surface area contributed by atoms with E-state index in [-0.39, 0.29) is 12.1 Å². The Balaban J connectivity index is 1.94. The van der Waals surface area contributed by atoms with Crippen molar-refractivity contribution >= 4 is 6.09 Å². The van der Waals surface area contributed by atoms with Crippen LogP contribution in [0.1, 0.15) is 52.3 Å². The first kappa shape index (κ1) is 16.9. The van der Waals surface area contributed by atoms with Gasteiger partial charge >= 0.3 is 6.09 Å². The molecule has 1 saturated heterocycles. The molecule has 0 bridgehead atoms. The normalized spacial score (nSPS) is 20.5. The van der Waals surface area contributed by atoms with Gasteiger partial charge in [-0.15, -0.1) is 0 Å². The Morgan fingerprint density at radius 3 is 2.86 bits per heavy atom. The van der Waals surface area contributed by atoms with Crippen LogP contribution < -0.4 is 0 Å². The first-order valence-electron chi connectivity index (χ1n) is 8.11. The van der Waals surface area contributed by atoms with Gasteiger partial charge in [-0.2, -0.15) is 0 Å². The lowest BCUT2D eigenvalue weighted by Crippen LogP contribution is -2.44. The van der Waals surface area contributed by atoms with Gasteiger partial charge in [-0.1, -0.05) is 0 Å². The monoisotopic (exact) mass is 307 g/mol. The summed E-state index contributed by atoms with van der Waals surface area (Å²) in [5.41, 5.74) is 0.762. The van der Waals surface area contributed by atoms with Crippen LogP contribution >= 0.6 is 0 Å². The number of likely N-dealkylation sites (tertiary alicyclic amines) is 1. The Kier molecular flexibility index (Phi) is 5.16. The molecule has 1 aromatic heterocycles. The maximum atomic E-state index is 12.3. The van der Waals surface area contributed by atoms with Crippen molar-refractivity contribution in [2.24, 2.45) is 0 Å². The first-order chi connectivity index (χ1) is 10.3. The van der Waals surface area contributed by atoms with Crippen LogP contribution in [-0.2, 0) is 4.74 Å². The van der Waals surface area contributed by atoms with E-state index in [2.05, 4.69) is 29.9 Å². The second-order valence-electron chi connectivity index (χ2n) is 7.21. The summed E-state index contributed by atoms with van der Waals surface area (Å²) in [6.07, 6.45) is 3.86. The van der Waals surface area contributed by atoms with Crippen molar-refractivity contribution in [3.8, 4) is 0 Å². The van der Waals surface area contributed by atoms with Gasteiger partial charge in [-0.25, -0.2) is 4.79 Å². The average Bonchev–Trinajstić information content (AvgIpc) is 3.06. The van der Waals surface area contributed by atoms with Crippen molar-refractivity contribution in [2.75, 3.05) is 20.1 Å². The fraction of sp³-hybridized carbons (Fsp3) is 0.706. The van der Waals surface area contributed by atoms with E-state index < -0.39 is 5.60 Å². The van der Waals surface area contributed by atoms with Crippen molar-refractivity contribution in [1.29, 1.82) is 0 Å². The fourth-order valence-electron chi connectivity index (χ4n) is 2.92. The minimum atomic E-state index is -0.437. The number of H-pyrrole nitrogens is 1. The van der Waals surface area contributed by atoms with Gasteiger partial charge in [0.15, 0.2) is 0 Å². The van der Waals surface area contributed by atoms with Crippen LogP contribution in [-0.4, -0.2) is 52.7 Å². The molecule has 22 heavy (non-hydrogen) atoms. The molecule has 5 heteroatoms. The molecule has 1 aliphatic heterocycles. The van der Waals surface area contributed by atoms with E-state index >= 15 is 0 Å². The summed E-state index contributed by atoms with van der Waals surface area (Å²) in [6, 6.07) is 4.65. The molecule has 0 saturated carbocycles. The van der Waals surface area contributed by atoms with Crippen molar-refractivity contribution in [3.05, 3.63) is 24.0 Å². The predicted octanol–water partition coefficient (Wildman–Crippen LogP) is 3.41. The van der Waals surface area contributed by atoms with Gasteiger partial charge in [0.25, 0.3) is 0 Å². The van der Waals surface area contributed by atoms with Crippen molar-refractivity contribution in [2.45, 2.75) is 58.2 Å². The molecule has 1 amide bonds. The molecule has 2 heterocycles. The standard InChI is InChI=1S/C17H29N3O2/c1-13(15-9-6-10-18-15)19(5)12-14-8-7-11-20(14)16(21)22-17(2,3)4/h6,9-10,13-14,18H,7-8,11-12H2,1-5H3. The number of aromatic amines is 1. The summed E-state index contributed by atoms with van der Waals surface area (Å²) < 4.78 is 5.53. The van der Waals surface area contributed by atoms with Crippen molar-refractivity contribution in [1.82, 2.24) is 14.8 Å². The molecule has 1 fully saturated rings. The van der Waals surface area contributed by atoms with Gasteiger partial charge in [-0.05, 0) is 59.7 Å². The summed E-state index contributed by atoms with van der Waals surface area (Å²) in [6.45, 7) is 9.57. The van der Waals surface area contributed by atoms with Gasteiger partial charge in [0, 0.05) is 37.1 Å². The third kappa shape index (κ3) is 4.26. The lowest BCUT2D eigenvalue weighted by molar-refractivity contribution is 0.0193. The SMILES string of the molecule is CC(c1ccc[nH]1)N(C)CC1CCCN1C(=O)OC(C)(C)C. The zero-order valence-electron chi connectivity index (χ0n) is 14.4. The van der Waals surface area contributed by atoms with Gasteiger partial charge in [0.2, 0.25) is 0 Å². The summed E-state index contributed by atoms with van der Waals surface area (Å²) in [5, 5.41) is 0. The maximum absolute atomic E-state index is 12.3. The molecule has 0 aliphatic carbocycles. The molecule has 2 rings (SSSR count). The van der Waals surface area contributed by atoms with E-state index in [4.69, 9.17) is 4.74 Å². The van der Waals surface area contributed by atoms with Gasteiger partial charge in [-0.3, -0.25) is 4.90 Å². The highest BCUT2D eigenvalue weighted by Crippen LogP contribution is 2.24. The van der Waals surface area contributed by atoms with E-state index in [1.54, 1.807) is 0 Å². The molecule has 0 spiro atoms. The van der Waals surface area contributed by atoms with E-state index in [1.807, 2.05) is 37.9 Å². The number of rotatable bonds is 4. The Bertz CT molecular complexity index is 479. The molecule has 1 N–H and O–H groups in total.